The molecule has 1 atom stereocenters. The van der Waals surface area contributed by atoms with Crippen molar-refractivity contribution in [3.8, 4) is 5.69 Å². The van der Waals surface area contributed by atoms with Crippen molar-refractivity contribution in [3.05, 3.63) is 91.3 Å². The van der Waals surface area contributed by atoms with Crippen LogP contribution in [0.3, 0.4) is 0 Å². The van der Waals surface area contributed by atoms with Gasteiger partial charge in [-0.05, 0) is 30.7 Å². The maximum Gasteiger partial charge on any atom is 0.346 e. The van der Waals surface area contributed by atoms with Crippen LogP contribution in [-0.4, -0.2) is 20.6 Å². The lowest BCUT2D eigenvalue weighted by Gasteiger charge is -2.13. The van der Waals surface area contributed by atoms with E-state index in [9.17, 15) is 19.5 Å². The minimum absolute atomic E-state index is 0.0119. The van der Waals surface area contributed by atoms with E-state index in [1.807, 2.05) is 24.3 Å². The molecule has 0 aliphatic carbocycles. The van der Waals surface area contributed by atoms with Crippen molar-refractivity contribution in [1.82, 2.24) is 9.55 Å². The molecule has 146 valence electrons. The van der Waals surface area contributed by atoms with E-state index in [4.69, 9.17) is 0 Å². The second-order valence-electron chi connectivity index (χ2n) is 6.40. The highest BCUT2D eigenvalue weighted by molar-refractivity contribution is 7.99. The summed E-state index contributed by atoms with van der Waals surface area (Å²) in [6.45, 7) is 2.09. The van der Waals surface area contributed by atoms with Crippen molar-refractivity contribution in [2.24, 2.45) is 0 Å². The van der Waals surface area contributed by atoms with Gasteiger partial charge in [-0.3, -0.25) is 4.79 Å². The number of benzene rings is 2. The fourth-order valence-electron chi connectivity index (χ4n) is 3.12. The average Bonchev–Trinajstić information content (AvgIpc) is 3.13. The van der Waals surface area contributed by atoms with Crippen LogP contribution in [0.4, 0.5) is 0 Å². The highest BCUT2D eigenvalue weighted by Gasteiger charge is 2.19. The van der Waals surface area contributed by atoms with E-state index in [0.29, 0.717) is 5.69 Å². The van der Waals surface area contributed by atoms with E-state index < -0.39 is 17.2 Å². The molecule has 0 radical (unpaired) electrons. The number of carboxylic acids is 1. The number of nitrogens with zero attached hydrogens (tertiary/aromatic N) is 1. The summed E-state index contributed by atoms with van der Waals surface area (Å²) in [5.41, 5.74) is 0.563. The van der Waals surface area contributed by atoms with Crippen LogP contribution < -0.4 is 11.2 Å². The molecule has 2 heterocycles. The van der Waals surface area contributed by atoms with Gasteiger partial charge in [-0.1, -0.05) is 36.4 Å². The number of hydrogen-bond donors (Lipinski definition) is 2. The number of hydrogen-bond acceptors (Lipinski definition) is 5. The van der Waals surface area contributed by atoms with Crippen LogP contribution in [0.5, 0.6) is 0 Å². The maximum atomic E-state index is 13.0. The van der Waals surface area contributed by atoms with Gasteiger partial charge in [-0.15, -0.1) is 23.1 Å². The van der Waals surface area contributed by atoms with Gasteiger partial charge in [-0.2, -0.15) is 0 Å². The highest BCUT2D eigenvalue weighted by atomic mass is 32.2. The Bertz CT molecular complexity index is 1320. The quantitative estimate of drug-likeness (QED) is 0.466. The predicted octanol–water partition coefficient (Wildman–Crippen LogP) is 4.29. The number of thioether (sulfide) groups is 1. The van der Waals surface area contributed by atoms with Gasteiger partial charge in [0.2, 0.25) is 0 Å². The predicted molar refractivity (Wildman–Crippen MR) is 116 cm³/mol. The van der Waals surface area contributed by atoms with Crippen molar-refractivity contribution < 1.29 is 9.90 Å². The number of carboxylic acid groups (broad SMARTS) is 1. The number of thiophene rings is 1. The van der Waals surface area contributed by atoms with Crippen LogP contribution in [0.25, 0.3) is 16.6 Å². The molecule has 2 aromatic heterocycles. The molecule has 29 heavy (non-hydrogen) atoms. The van der Waals surface area contributed by atoms with E-state index in [-0.39, 0.29) is 21.0 Å². The molecular formula is C21H16N2O4S2. The molecular weight excluding hydrogens is 408 g/mol. The first-order chi connectivity index (χ1) is 14.0. The molecule has 0 aliphatic rings. The Kier molecular flexibility index (Phi) is 5.12. The second kappa shape index (κ2) is 7.73. The lowest BCUT2D eigenvalue weighted by molar-refractivity contribution is 0.0704. The molecule has 4 aromatic rings. The first-order valence-electron chi connectivity index (χ1n) is 8.77. The number of aromatic carboxylic acids is 1. The Morgan fingerprint density at radius 1 is 1.14 bits per heavy atom. The number of nitrogens with one attached hydrogen (secondary N) is 1. The standard InChI is InChI=1S/C21H16N2O4S2/c1-12(13-6-3-2-4-7-13)29-15-9-5-8-14(10-15)23-19(24)17-16(22-21(23)27)11-28-18(17)20(25)26/h2-12H,1H3,(H,22,27)(H,25,26). The van der Waals surface area contributed by atoms with Gasteiger partial charge in [0.05, 0.1) is 16.6 Å². The maximum absolute atomic E-state index is 13.0. The largest absolute Gasteiger partial charge is 0.477 e. The summed E-state index contributed by atoms with van der Waals surface area (Å²) in [4.78, 5) is 40.4. The zero-order valence-electron chi connectivity index (χ0n) is 15.3. The fourth-order valence-corrected chi connectivity index (χ4v) is 5.00. The fraction of sp³-hybridized carbons (Fsp3) is 0.0952. The Balaban J connectivity index is 1.78. The van der Waals surface area contributed by atoms with E-state index in [2.05, 4.69) is 24.0 Å². The van der Waals surface area contributed by atoms with Gasteiger partial charge in [0.1, 0.15) is 4.88 Å². The minimum Gasteiger partial charge on any atom is -0.477 e. The molecule has 2 N–H and O–H groups in total. The molecule has 2 aromatic carbocycles. The van der Waals surface area contributed by atoms with Gasteiger partial charge in [0.25, 0.3) is 5.56 Å². The third kappa shape index (κ3) is 3.64. The summed E-state index contributed by atoms with van der Waals surface area (Å²) in [5.74, 6) is -1.19. The third-order valence-corrected chi connectivity index (χ3v) is 6.62. The molecule has 0 fully saturated rings. The van der Waals surface area contributed by atoms with Crippen molar-refractivity contribution in [2.75, 3.05) is 0 Å². The van der Waals surface area contributed by atoms with Gasteiger partial charge in [0.15, 0.2) is 0 Å². The summed E-state index contributed by atoms with van der Waals surface area (Å²) in [7, 11) is 0. The number of carbonyl (C=O) groups is 1. The van der Waals surface area contributed by atoms with Gasteiger partial charge in [0, 0.05) is 15.5 Å². The highest BCUT2D eigenvalue weighted by Crippen LogP contribution is 2.35. The zero-order chi connectivity index (χ0) is 20.5. The summed E-state index contributed by atoms with van der Waals surface area (Å²) < 4.78 is 0.985. The third-order valence-electron chi connectivity index (χ3n) is 4.50. The first kappa shape index (κ1) is 19.2. The van der Waals surface area contributed by atoms with E-state index >= 15 is 0 Å². The number of rotatable bonds is 5. The van der Waals surface area contributed by atoms with Crippen LogP contribution in [0, 0.1) is 0 Å². The molecule has 0 saturated heterocycles. The van der Waals surface area contributed by atoms with Gasteiger partial charge >= 0.3 is 11.7 Å². The molecule has 0 bridgehead atoms. The van der Waals surface area contributed by atoms with Gasteiger partial charge in [-0.25, -0.2) is 14.2 Å². The number of aromatic nitrogens is 2. The zero-order valence-corrected chi connectivity index (χ0v) is 16.9. The molecule has 0 aliphatic heterocycles. The Morgan fingerprint density at radius 3 is 2.62 bits per heavy atom. The van der Waals surface area contributed by atoms with Crippen LogP contribution >= 0.6 is 23.1 Å². The lowest BCUT2D eigenvalue weighted by atomic mass is 10.2. The van der Waals surface area contributed by atoms with E-state index in [1.165, 1.54) is 10.9 Å². The second-order valence-corrected chi connectivity index (χ2v) is 8.69. The SMILES string of the molecule is CC(Sc1cccc(-n2c(=O)[nH]c3csc(C(=O)O)c3c2=O)c1)c1ccccc1. The normalized spacial score (nSPS) is 12.2. The Morgan fingerprint density at radius 2 is 1.90 bits per heavy atom. The van der Waals surface area contributed by atoms with Crippen molar-refractivity contribution in [2.45, 2.75) is 17.1 Å². The smallest absolute Gasteiger partial charge is 0.346 e. The average molecular weight is 425 g/mol. The first-order valence-corrected chi connectivity index (χ1v) is 10.5. The van der Waals surface area contributed by atoms with Crippen LogP contribution in [-0.2, 0) is 0 Å². The summed E-state index contributed by atoms with van der Waals surface area (Å²) >= 11 is 2.53. The summed E-state index contributed by atoms with van der Waals surface area (Å²) in [5, 5.41) is 11.0. The van der Waals surface area contributed by atoms with E-state index in [1.54, 1.807) is 30.0 Å². The molecule has 0 saturated carbocycles. The number of H-pyrrole nitrogens is 1. The molecule has 6 nitrogen and oxygen atoms in total. The molecule has 0 amide bonds. The van der Waals surface area contributed by atoms with Gasteiger partial charge < -0.3 is 10.1 Å². The van der Waals surface area contributed by atoms with Crippen molar-refractivity contribution in [3.63, 3.8) is 0 Å². The number of aromatic amines is 1. The molecule has 0 spiro atoms. The molecule has 1 unspecified atom stereocenters. The summed E-state index contributed by atoms with van der Waals surface area (Å²) in [6.07, 6.45) is 0. The lowest BCUT2D eigenvalue weighted by Crippen LogP contribution is -2.33. The minimum atomic E-state index is -1.19. The van der Waals surface area contributed by atoms with Crippen LogP contribution in [0.2, 0.25) is 0 Å². The van der Waals surface area contributed by atoms with Crippen molar-refractivity contribution >= 4 is 40.0 Å². The summed E-state index contributed by atoms with van der Waals surface area (Å²) in [6, 6.07) is 17.1. The molecule has 8 heteroatoms. The van der Waals surface area contributed by atoms with Crippen LogP contribution in [0.15, 0.2) is 74.5 Å². The van der Waals surface area contributed by atoms with Crippen molar-refractivity contribution in [1.29, 1.82) is 0 Å². The number of fused-ring (bicyclic) bond motifs is 1. The Hall–Kier alpha value is -3.10. The van der Waals surface area contributed by atoms with E-state index in [0.717, 1.165) is 20.8 Å². The van der Waals surface area contributed by atoms with Crippen LogP contribution in [0.1, 0.15) is 27.4 Å². The Labute approximate surface area is 173 Å². The molecule has 4 rings (SSSR count). The monoisotopic (exact) mass is 424 g/mol. The topological polar surface area (TPSA) is 92.2 Å².